The lowest BCUT2D eigenvalue weighted by Gasteiger charge is -2.11. The highest BCUT2D eigenvalue weighted by molar-refractivity contribution is 7.91. The van der Waals surface area contributed by atoms with Crippen molar-refractivity contribution in [2.24, 2.45) is 0 Å². The maximum atomic E-state index is 12.9. The highest BCUT2D eigenvalue weighted by Gasteiger charge is 2.31. The Hall–Kier alpha value is -2.45. The molecule has 0 saturated heterocycles. The largest absolute Gasteiger partial charge is 0.295 e. The molecule has 0 aliphatic heterocycles. The molecule has 1 aliphatic rings. The number of Topliss-reactive ketones (excluding diaryl/α,β-unsaturated/α-hetero) is 1. The van der Waals surface area contributed by atoms with Crippen LogP contribution in [0.3, 0.4) is 0 Å². The highest BCUT2D eigenvalue weighted by Crippen LogP contribution is 2.44. The smallest absolute Gasteiger partial charge is 0.206 e. The molecule has 1 saturated carbocycles. The van der Waals surface area contributed by atoms with Crippen LogP contribution in [0.25, 0.3) is 0 Å². The van der Waals surface area contributed by atoms with Crippen LogP contribution in [0.2, 0.25) is 0 Å². The molecule has 0 aromatic heterocycles. The minimum absolute atomic E-state index is 0.106. The summed E-state index contributed by atoms with van der Waals surface area (Å²) in [5.41, 5.74) is 1.67. The van der Waals surface area contributed by atoms with Crippen LogP contribution < -0.4 is 0 Å². The molecule has 0 N–H and O–H groups in total. The number of nitriles is 1. The third kappa shape index (κ3) is 2.90. The van der Waals surface area contributed by atoms with Gasteiger partial charge in [0.15, 0.2) is 5.78 Å². The van der Waals surface area contributed by atoms with E-state index < -0.39 is 9.84 Å². The van der Waals surface area contributed by atoms with Crippen LogP contribution in [0, 0.1) is 11.3 Å². The number of sulfone groups is 1. The van der Waals surface area contributed by atoms with E-state index in [1.807, 2.05) is 0 Å². The Morgan fingerprint density at radius 1 is 1.13 bits per heavy atom. The van der Waals surface area contributed by atoms with E-state index in [0.29, 0.717) is 11.1 Å². The van der Waals surface area contributed by atoms with Crippen molar-refractivity contribution < 1.29 is 13.2 Å². The van der Waals surface area contributed by atoms with Crippen molar-refractivity contribution in [3.63, 3.8) is 0 Å². The summed E-state index contributed by atoms with van der Waals surface area (Å²) >= 11 is 0. The first-order valence-corrected chi connectivity index (χ1v) is 8.82. The van der Waals surface area contributed by atoms with Crippen LogP contribution in [0.1, 0.15) is 47.2 Å². The van der Waals surface area contributed by atoms with Crippen molar-refractivity contribution in [1.82, 2.24) is 0 Å². The Morgan fingerprint density at radius 3 is 2.30 bits per heavy atom. The fourth-order valence-electron chi connectivity index (χ4n) is 2.57. The second kappa shape index (κ2) is 5.64. The molecule has 4 nitrogen and oxygen atoms in total. The SMILES string of the molecule is CC(=O)c1ccc(S(=O)(=O)c2ccc(C#N)cc2C2CC2)cc1. The molecule has 116 valence electrons. The molecular formula is C18H15NO3S. The molecule has 0 atom stereocenters. The summed E-state index contributed by atoms with van der Waals surface area (Å²) < 4.78 is 25.8. The van der Waals surface area contributed by atoms with Crippen molar-refractivity contribution >= 4 is 15.6 Å². The predicted molar refractivity (Wildman–Crippen MR) is 85.0 cm³/mol. The van der Waals surface area contributed by atoms with Gasteiger partial charge < -0.3 is 0 Å². The van der Waals surface area contributed by atoms with Gasteiger partial charge in [-0.1, -0.05) is 12.1 Å². The number of rotatable bonds is 4. The van der Waals surface area contributed by atoms with Gasteiger partial charge in [0, 0.05) is 5.56 Å². The Bertz CT molecular complexity index is 918. The van der Waals surface area contributed by atoms with E-state index in [0.717, 1.165) is 18.4 Å². The number of nitrogens with zero attached hydrogens (tertiary/aromatic N) is 1. The number of ketones is 1. The van der Waals surface area contributed by atoms with E-state index in [2.05, 4.69) is 6.07 Å². The molecule has 1 aliphatic carbocycles. The molecule has 0 unspecified atom stereocenters. The molecule has 5 heteroatoms. The van der Waals surface area contributed by atoms with Gasteiger partial charge in [0.2, 0.25) is 9.84 Å². The van der Waals surface area contributed by atoms with Gasteiger partial charge in [0.05, 0.1) is 21.4 Å². The second-order valence-electron chi connectivity index (χ2n) is 5.72. The Balaban J connectivity index is 2.09. The maximum Gasteiger partial charge on any atom is 0.206 e. The van der Waals surface area contributed by atoms with Gasteiger partial charge in [-0.3, -0.25) is 4.79 Å². The lowest BCUT2D eigenvalue weighted by Crippen LogP contribution is -2.06. The highest BCUT2D eigenvalue weighted by atomic mass is 32.2. The number of hydrogen-bond donors (Lipinski definition) is 0. The van der Waals surface area contributed by atoms with Crippen molar-refractivity contribution in [1.29, 1.82) is 5.26 Å². The van der Waals surface area contributed by atoms with Crippen molar-refractivity contribution in [3.05, 3.63) is 59.2 Å². The van der Waals surface area contributed by atoms with E-state index in [-0.39, 0.29) is 21.5 Å². The van der Waals surface area contributed by atoms with E-state index in [1.165, 1.54) is 43.3 Å². The molecular weight excluding hydrogens is 310 g/mol. The topological polar surface area (TPSA) is 75.0 Å². The first kappa shape index (κ1) is 15.4. The Labute approximate surface area is 135 Å². The van der Waals surface area contributed by atoms with Crippen LogP contribution >= 0.6 is 0 Å². The first-order valence-electron chi connectivity index (χ1n) is 7.33. The third-order valence-corrected chi connectivity index (χ3v) is 5.86. The van der Waals surface area contributed by atoms with Crippen LogP contribution in [0.15, 0.2) is 52.3 Å². The molecule has 23 heavy (non-hydrogen) atoms. The molecule has 2 aromatic rings. The van der Waals surface area contributed by atoms with Crippen molar-refractivity contribution in [2.75, 3.05) is 0 Å². The summed E-state index contributed by atoms with van der Waals surface area (Å²) in [6.07, 6.45) is 1.89. The van der Waals surface area contributed by atoms with Gasteiger partial charge in [-0.2, -0.15) is 5.26 Å². The Morgan fingerprint density at radius 2 is 1.78 bits per heavy atom. The number of carbonyl (C=O) groups excluding carboxylic acids is 1. The van der Waals surface area contributed by atoms with Crippen molar-refractivity contribution in [2.45, 2.75) is 35.5 Å². The maximum absolute atomic E-state index is 12.9. The first-order chi connectivity index (χ1) is 10.9. The zero-order valence-corrected chi connectivity index (χ0v) is 13.4. The summed E-state index contributed by atoms with van der Waals surface area (Å²) in [7, 11) is -3.66. The quantitative estimate of drug-likeness (QED) is 0.807. The molecule has 1 fully saturated rings. The average Bonchev–Trinajstić information content (AvgIpc) is 3.39. The van der Waals surface area contributed by atoms with Gasteiger partial charge in [-0.15, -0.1) is 0 Å². The predicted octanol–water partition coefficient (Wildman–Crippen LogP) is 3.47. The molecule has 3 rings (SSSR count). The van der Waals surface area contributed by atoms with Gasteiger partial charge in [-0.25, -0.2) is 8.42 Å². The lowest BCUT2D eigenvalue weighted by atomic mass is 10.1. The summed E-state index contributed by atoms with van der Waals surface area (Å²) in [6.45, 7) is 1.44. The summed E-state index contributed by atoms with van der Waals surface area (Å²) in [5, 5.41) is 9.03. The standard InChI is InChI=1S/C18H15NO3S/c1-12(20)14-5-7-16(8-6-14)23(21,22)18-9-2-13(11-19)10-17(18)15-3-4-15/h2,5-10,15H,3-4H2,1H3. The Kier molecular flexibility index (Phi) is 3.78. The minimum atomic E-state index is -3.66. The van der Waals surface area contributed by atoms with E-state index in [4.69, 9.17) is 5.26 Å². The second-order valence-corrected chi connectivity index (χ2v) is 7.64. The van der Waals surface area contributed by atoms with E-state index in [1.54, 1.807) is 6.07 Å². The zero-order valence-electron chi connectivity index (χ0n) is 12.6. The van der Waals surface area contributed by atoms with E-state index >= 15 is 0 Å². The molecule has 0 amide bonds. The van der Waals surface area contributed by atoms with Gasteiger partial charge in [0.1, 0.15) is 0 Å². The van der Waals surface area contributed by atoms with Gasteiger partial charge in [-0.05, 0) is 61.6 Å². The normalized spacial score (nSPS) is 14.3. The molecule has 0 radical (unpaired) electrons. The van der Waals surface area contributed by atoms with Gasteiger partial charge in [0.25, 0.3) is 0 Å². The van der Waals surface area contributed by atoms with Crippen LogP contribution in [-0.2, 0) is 9.84 Å². The molecule has 0 spiro atoms. The zero-order chi connectivity index (χ0) is 16.6. The molecule has 2 aromatic carbocycles. The van der Waals surface area contributed by atoms with Crippen molar-refractivity contribution in [3.8, 4) is 6.07 Å². The number of hydrogen-bond acceptors (Lipinski definition) is 4. The summed E-state index contributed by atoms with van der Waals surface area (Å²) in [4.78, 5) is 11.7. The minimum Gasteiger partial charge on any atom is -0.295 e. The van der Waals surface area contributed by atoms with Crippen LogP contribution in [-0.4, -0.2) is 14.2 Å². The number of carbonyl (C=O) groups is 1. The molecule has 0 bridgehead atoms. The number of benzene rings is 2. The fourth-order valence-corrected chi connectivity index (χ4v) is 4.10. The summed E-state index contributed by atoms with van der Waals surface area (Å²) in [5.74, 6) is 0.107. The van der Waals surface area contributed by atoms with Crippen LogP contribution in [0.5, 0.6) is 0 Å². The summed E-state index contributed by atoms with van der Waals surface area (Å²) in [6, 6.07) is 12.7. The fraction of sp³-hybridized carbons (Fsp3) is 0.222. The van der Waals surface area contributed by atoms with E-state index in [9.17, 15) is 13.2 Å². The van der Waals surface area contributed by atoms with Gasteiger partial charge >= 0.3 is 0 Å². The average molecular weight is 325 g/mol. The molecule has 0 heterocycles. The third-order valence-electron chi connectivity index (χ3n) is 4.02. The lowest BCUT2D eigenvalue weighted by molar-refractivity contribution is 0.101. The monoisotopic (exact) mass is 325 g/mol. The van der Waals surface area contributed by atoms with Crippen LogP contribution in [0.4, 0.5) is 0 Å².